The monoisotopic (exact) mass is 737 g/mol. The van der Waals surface area contributed by atoms with Crippen LogP contribution >= 0.6 is 104 Å². The Morgan fingerprint density at radius 3 is 1.08 bits per heavy atom. The van der Waals surface area contributed by atoms with E-state index in [1.807, 2.05) is 0 Å². The number of amides is 3. The van der Waals surface area contributed by atoms with Crippen LogP contribution in [0.2, 0.25) is 0 Å². The van der Waals surface area contributed by atoms with Gasteiger partial charge in [0, 0.05) is 0 Å². The zero-order valence-corrected chi connectivity index (χ0v) is 26.1. The van der Waals surface area contributed by atoms with Crippen LogP contribution in [0.4, 0.5) is 0 Å². The third-order valence-corrected chi connectivity index (χ3v) is 5.41. The smallest absolute Gasteiger partial charge is 0.310 e. The van der Waals surface area contributed by atoms with Gasteiger partial charge in [0.15, 0.2) is 0 Å². The van der Waals surface area contributed by atoms with Gasteiger partial charge in [0.05, 0.1) is 38.4 Å². The topological polar surface area (TPSA) is 166 Å². The van der Waals surface area contributed by atoms with Gasteiger partial charge >= 0.3 is 17.9 Å². The van der Waals surface area contributed by atoms with Crippen molar-refractivity contribution < 1.29 is 43.0 Å². The fourth-order valence-electron chi connectivity index (χ4n) is 2.15. The van der Waals surface area contributed by atoms with E-state index in [0.29, 0.717) is 0 Å². The van der Waals surface area contributed by atoms with Crippen LogP contribution in [-0.4, -0.2) is 86.5 Å². The normalized spacial score (nSPS) is 11.8. The summed E-state index contributed by atoms with van der Waals surface area (Å²) in [5, 5.41) is 6.57. The molecule has 0 aromatic rings. The van der Waals surface area contributed by atoms with E-state index in [1.54, 1.807) is 0 Å². The molecule has 0 saturated heterocycles. The molecule has 0 radical (unpaired) electrons. The summed E-state index contributed by atoms with van der Waals surface area (Å²) in [5.74, 6) is -7.21. The fraction of sp³-hybridized carbons (Fsp3) is 0.667. The molecule has 0 spiro atoms. The van der Waals surface area contributed by atoms with E-state index in [4.69, 9.17) is 119 Å². The number of hydrogen-bond donors (Lipinski definition) is 3. The molecule has 0 rings (SSSR count). The number of carbonyl (C=O) groups is 6. The molecule has 3 amide bonds. The first-order valence-corrected chi connectivity index (χ1v) is 13.7. The highest BCUT2D eigenvalue weighted by molar-refractivity contribution is 6.77. The molecule has 0 aliphatic rings. The molecule has 0 bridgehead atoms. The van der Waals surface area contributed by atoms with Gasteiger partial charge in [-0.15, -0.1) is 0 Å². The lowest BCUT2D eigenvalue weighted by Crippen LogP contribution is -2.38. The van der Waals surface area contributed by atoms with E-state index < -0.39 is 72.4 Å². The predicted octanol–water partition coefficient (Wildman–Crippen LogP) is 2.47. The standard InChI is InChI=1S/C18H20Cl9N3O9/c19-16(20,21)13(34)28-1-4-37-10(31)7-9(12(33)39-6-3-30-15(36)18(25,26)27)8-11(32)38-5-2-29-14(35)17(22,23)24/h9H,1-8H2,(H,28,34)(H,29,35)(H,30,36). The fourth-order valence-corrected chi connectivity index (χ4v) is 2.75. The number of nitrogens with one attached hydrogen (secondary N) is 3. The maximum atomic E-state index is 12.5. The third kappa shape index (κ3) is 18.5. The average molecular weight is 741 g/mol. The van der Waals surface area contributed by atoms with Crippen LogP contribution in [0.5, 0.6) is 0 Å². The van der Waals surface area contributed by atoms with Crippen LogP contribution in [0, 0.1) is 5.92 Å². The minimum atomic E-state index is -2.24. The highest BCUT2D eigenvalue weighted by Crippen LogP contribution is 2.27. The number of halogens is 9. The van der Waals surface area contributed by atoms with Gasteiger partial charge in [-0.3, -0.25) is 28.8 Å². The Balaban J connectivity index is 4.90. The van der Waals surface area contributed by atoms with Crippen LogP contribution < -0.4 is 16.0 Å². The van der Waals surface area contributed by atoms with Gasteiger partial charge in [-0.25, -0.2) is 0 Å². The number of carbonyl (C=O) groups excluding carboxylic acids is 6. The highest BCUT2D eigenvalue weighted by atomic mass is 35.6. The molecular weight excluding hydrogens is 721 g/mol. The maximum absolute atomic E-state index is 12.5. The van der Waals surface area contributed by atoms with E-state index >= 15 is 0 Å². The molecule has 0 saturated carbocycles. The maximum Gasteiger partial charge on any atom is 0.310 e. The minimum Gasteiger partial charge on any atom is -0.464 e. The van der Waals surface area contributed by atoms with E-state index in [2.05, 4.69) is 16.0 Å². The Hall–Kier alpha value is -0.570. The van der Waals surface area contributed by atoms with Crippen molar-refractivity contribution in [1.29, 1.82) is 0 Å². The molecule has 0 unspecified atom stereocenters. The van der Waals surface area contributed by atoms with E-state index in [1.165, 1.54) is 0 Å². The van der Waals surface area contributed by atoms with Gasteiger partial charge in [0.1, 0.15) is 19.8 Å². The van der Waals surface area contributed by atoms with Gasteiger partial charge in [-0.05, 0) is 0 Å². The summed E-state index contributed by atoms with van der Waals surface area (Å²) in [7, 11) is 0. The van der Waals surface area contributed by atoms with Crippen molar-refractivity contribution in [2.24, 2.45) is 5.92 Å². The predicted molar refractivity (Wildman–Crippen MR) is 146 cm³/mol. The summed E-state index contributed by atoms with van der Waals surface area (Å²) in [5.41, 5.74) is 0. The Morgan fingerprint density at radius 1 is 0.513 bits per heavy atom. The Labute approximate surface area is 267 Å². The van der Waals surface area contributed by atoms with Crippen molar-refractivity contribution in [1.82, 2.24) is 16.0 Å². The molecule has 3 N–H and O–H groups in total. The molecule has 224 valence electrons. The van der Waals surface area contributed by atoms with Crippen LogP contribution in [0.15, 0.2) is 0 Å². The summed E-state index contributed by atoms with van der Waals surface area (Å²) in [6.45, 7) is -1.83. The first-order chi connectivity index (χ1) is 17.7. The molecule has 12 nitrogen and oxygen atoms in total. The quantitative estimate of drug-likeness (QED) is 0.105. The molecule has 0 aromatic heterocycles. The van der Waals surface area contributed by atoms with Crippen LogP contribution in [0.25, 0.3) is 0 Å². The second-order valence-electron chi connectivity index (χ2n) is 6.97. The zero-order valence-electron chi connectivity index (χ0n) is 19.3. The number of hydrogen-bond acceptors (Lipinski definition) is 9. The van der Waals surface area contributed by atoms with Crippen molar-refractivity contribution in [3.63, 3.8) is 0 Å². The SMILES string of the molecule is O=C(CC(CC(=O)OCCNC(=O)C(Cl)(Cl)Cl)C(=O)OCCNC(=O)C(Cl)(Cl)Cl)OCCNC(=O)C(Cl)(Cl)Cl. The van der Waals surface area contributed by atoms with Crippen LogP contribution in [0.1, 0.15) is 12.8 Å². The van der Waals surface area contributed by atoms with Gasteiger partial charge < -0.3 is 30.2 Å². The second-order valence-corrected chi connectivity index (χ2v) is 13.8. The molecule has 0 heterocycles. The van der Waals surface area contributed by atoms with Gasteiger partial charge in [-0.1, -0.05) is 104 Å². The van der Waals surface area contributed by atoms with Gasteiger partial charge in [-0.2, -0.15) is 0 Å². The lowest BCUT2D eigenvalue weighted by Gasteiger charge is -2.17. The summed E-state index contributed by atoms with van der Waals surface area (Å²) in [6.07, 6.45) is -1.28. The van der Waals surface area contributed by atoms with Crippen molar-refractivity contribution in [2.75, 3.05) is 39.5 Å². The van der Waals surface area contributed by atoms with E-state index in [9.17, 15) is 28.8 Å². The van der Waals surface area contributed by atoms with Gasteiger partial charge in [0.2, 0.25) is 0 Å². The number of rotatable bonds is 14. The van der Waals surface area contributed by atoms with Crippen molar-refractivity contribution in [2.45, 2.75) is 24.2 Å². The molecule has 0 aliphatic carbocycles. The first kappa shape index (κ1) is 38.4. The van der Waals surface area contributed by atoms with Crippen molar-refractivity contribution >= 4 is 140 Å². The van der Waals surface area contributed by atoms with Gasteiger partial charge in [0.25, 0.3) is 29.1 Å². The Morgan fingerprint density at radius 2 is 0.795 bits per heavy atom. The Kier molecular flexibility index (Phi) is 17.8. The summed E-state index contributed by atoms with van der Waals surface area (Å²) >= 11 is 48.5. The number of ether oxygens (including phenoxy) is 3. The van der Waals surface area contributed by atoms with Crippen LogP contribution in [-0.2, 0) is 43.0 Å². The number of esters is 3. The van der Waals surface area contributed by atoms with Crippen molar-refractivity contribution in [3.05, 3.63) is 0 Å². The molecule has 0 aromatic carbocycles. The molecule has 0 fully saturated rings. The molecule has 21 heteroatoms. The molecule has 39 heavy (non-hydrogen) atoms. The molecule has 0 aliphatic heterocycles. The third-order valence-electron chi connectivity index (χ3n) is 3.87. The molecular formula is C18H20Cl9N3O9. The molecule has 0 atom stereocenters. The van der Waals surface area contributed by atoms with E-state index in [-0.39, 0.29) is 32.8 Å². The first-order valence-electron chi connectivity index (χ1n) is 10.3. The summed E-state index contributed by atoms with van der Waals surface area (Å²) in [4.78, 5) is 71.3. The lowest BCUT2D eigenvalue weighted by molar-refractivity contribution is -0.159. The second kappa shape index (κ2) is 18.1. The number of alkyl halides is 9. The summed E-state index contributed by atoms with van der Waals surface area (Å²) in [6, 6.07) is 0. The lowest BCUT2D eigenvalue weighted by atomic mass is 10.0. The van der Waals surface area contributed by atoms with E-state index in [0.717, 1.165) is 0 Å². The minimum absolute atomic E-state index is 0.224. The average Bonchev–Trinajstić information content (AvgIpc) is 2.79. The highest BCUT2D eigenvalue weighted by Gasteiger charge is 2.32. The Bertz CT molecular complexity index is 842. The summed E-state index contributed by atoms with van der Waals surface area (Å²) < 4.78 is 8.06. The largest absolute Gasteiger partial charge is 0.464 e. The van der Waals surface area contributed by atoms with Crippen LogP contribution in [0.3, 0.4) is 0 Å². The zero-order chi connectivity index (χ0) is 30.4. The van der Waals surface area contributed by atoms with Crippen molar-refractivity contribution in [3.8, 4) is 0 Å².